The minimum atomic E-state index is -0.556. The summed E-state index contributed by atoms with van der Waals surface area (Å²) < 4.78 is 0. The molecule has 0 unspecified atom stereocenters. The zero-order valence-corrected chi connectivity index (χ0v) is 9.19. The first-order valence-corrected chi connectivity index (χ1v) is 7.31. The maximum atomic E-state index is 4.89. The Hall–Kier alpha value is 0.774. The van der Waals surface area contributed by atoms with E-state index in [2.05, 4.69) is 26.0 Å². The van der Waals surface area contributed by atoms with Gasteiger partial charge < -0.3 is 0 Å². The molecule has 0 radical (unpaired) electrons. The minimum absolute atomic E-state index is 0.556. The average Bonchev–Trinajstić information content (AvgIpc) is 2.19. The van der Waals surface area contributed by atoms with E-state index < -0.39 is 17.0 Å². The van der Waals surface area contributed by atoms with Gasteiger partial charge in [0.15, 0.2) is 0 Å². The Morgan fingerprint density at radius 1 is 1.40 bits per heavy atom. The summed E-state index contributed by atoms with van der Waals surface area (Å²) in [6.07, 6.45) is 5.55. The van der Waals surface area contributed by atoms with Crippen LogP contribution >= 0.6 is 18.6 Å². The van der Waals surface area contributed by atoms with Gasteiger partial charge in [-0.15, -0.1) is 0 Å². The van der Waals surface area contributed by atoms with Crippen LogP contribution in [-0.2, 0) is 17.0 Å². The molecule has 0 saturated carbocycles. The summed E-state index contributed by atoms with van der Waals surface area (Å²) in [5.41, 5.74) is 2.96. The normalized spacial score (nSPS) is 14.8. The summed E-state index contributed by atoms with van der Waals surface area (Å²) in [4.78, 5) is 0. The third kappa shape index (κ3) is 4.57. The number of hydrogen-bond acceptors (Lipinski definition) is 0. The molecule has 0 aromatic heterocycles. The van der Waals surface area contributed by atoms with Crippen molar-refractivity contribution in [3.8, 4) is 0 Å². The fraction of sp³-hybridized carbons (Fsp3) is 0.429. The monoisotopic (exact) mass is 212 g/mol. The molecule has 0 fully saturated rings. The molecule has 0 aromatic carbocycles. The topological polar surface area (TPSA) is 0 Å². The standard InChI is InChI=1S/C7H10.2ClH.Ti/c1-6-4-3-5-7(6)2;;;/h3-4H,5H2,1-2H3;2*1H;/q;;;+2/p-2. The summed E-state index contributed by atoms with van der Waals surface area (Å²) in [6, 6.07) is 0. The van der Waals surface area contributed by atoms with Gasteiger partial charge in [-0.2, -0.15) is 0 Å². The zero-order valence-electron chi connectivity index (χ0n) is 6.12. The molecule has 56 valence electrons. The third-order valence-corrected chi connectivity index (χ3v) is 1.47. The predicted molar refractivity (Wildman–Crippen MR) is 43.8 cm³/mol. The van der Waals surface area contributed by atoms with E-state index in [1.807, 2.05) is 0 Å². The second kappa shape index (κ2) is 6.48. The van der Waals surface area contributed by atoms with Gasteiger partial charge in [-0.25, -0.2) is 0 Å². The molecule has 0 spiro atoms. The molecule has 0 heterocycles. The van der Waals surface area contributed by atoms with Crippen LogP contribution in [-0.4, -0.2) is 0 Å². The molecule has 10 heavy (non-hydrogen) atoms. The van der Waals surface area contributed by atoms with Gasteiger partial charge in [0.25, 0.3) is 0 Å². The number of halogens is 2. The van der Waals surface area contributed by atoms with E-state index in [4.69, 9.17) is 18.6 Å². The van der Waals surface area contributed by atoms with Crippen LogP contribution in [0.5, 0.6) is 0 Å². The molecule has 0 amide bonds. The van der Waals surface area contributed by atoms with E-state index in [1.165, 1.54) is 17.6 Å². The van der Waals surface area contributed by atoms with Crippen molar-refractivity contribution in [2.45, 2.75) is 20.3 Å². The van der Waals surface area contributed by atoms with Crippen molar-refractivity contribution < 1.29 is 17.0 Å². The first kappa shape index (κ1) is 10.8. The van der Waals surface area contributed by atoms with Gasteiger partial charge in [0.2, 0.25) is 0 Å². The van der Waals surface area contributed by atoms with Crippen LogP contribution in [0.1, 0.15) is 20.3 Å². The maximum absolute atomic E-state index is 4.89. The first-order chi connectivity index (χ1) is 4.72. The fourth-order valence-corrected chi connectivity index (χ4v) is 0.716. The molecule has 0 saturated heterocycles. The van der Waals surface area contributed by atoms with Crippen LogP contribution in [0.3, 0.4) is 0 Å². The third-order valence-electron chi connectivity index (χ3n) is 1.47. The van der Waals surface area contributed by atoms with Crippen molar-refractivity contribution in [3.63, 3.8) is 0 Å². The Balaban J connectivity index is 0.000000236. The van der Waals surface area contributed by atoms with Crippen molar-refractivity contribution in [1.29, 1.82) is 0 Å². The number of hydrogen-bond donors (Lipinski definition) is 0. The van der Waals surface area contributed by atoms with Gasteiger partial charge in [0, 0.05) is 0 Å². The summed E-state index contributed by atoms with van der Waals surface area (Å²) in [5.74, 6) is 0. The van der Waals surface area contributed by atoms with Crippen molar-refractivity contribution >= 4 is 18.6 Å². The first-order valence-electron chi connectivity index (χ1n) is 3.01. The second-order valence-corrected chi connectivity index (χ2v) is 4.72. The summed E-state index contributed by atoms with van der Waals surface area (Å²) in [7, 11) is 9.78. The Morgan fingerprint density at radius 2 is 1.90 bits per heavy atom. The number of rotatable bonds is 0. The van der Waals surface area contributed by atoms with Crippen molar-refractivity contribution in [2.24, 2.45) is 0 Å². The van der Waals surface area contributed by atoms with E-state index >= 15 is 0 Å². The summed E-state index contributed by atoms with van der Waals surface area (Å²) >= 11 is -0.556. The molecule has 1 rings (SSSR count). The van der Waals surface area contributed by atoms with Gasteiger partial charge in [-0.05, 0) is 20.3 Å². The van der Waals surface area contributed by atoms with Crippen LogP contribution in [0.15, 0.2) is 23.3 Å². The molecular formula is C7H10Cl2Ti. The number of allylic oxidation sites excluding steroid dienone is 4. The van der Waals surface area contributed by atoms with Gasteiger partial charge >= 0.3 is 35.6 Å². The molecule has 0 aromatic rings. The molecule has 0 atom stereocenters. The predicted octanol–water partition coefficient (Wildman–Crippen LogP) is 3.66. The fourth-order valence-electron chi connectivity index (χ4n) is 0.716. The molecule has 0 aliphatic heterocycles. The summed E-state index contributed by atoms with van der Waals surface area (Å²) in [5, 5.41) is 0. The van der Waals surface area contributed by atoms with E-state index in [1.54, 1.807) is 0 Å². The molecule has 0 N–H and O–H groups in total. The molecule has 0 nitrogen and oxygen atoms in total. The second-order valence-electron chi connectivity index (χ2n) is 2.14. The van der Waals surface area contributed by atoms with Crippen LogP contribution in [0.4, 0.5) is 0 Å². The Morgan fingerprint density at radius 3 is 2.00 bits per heavy atom. The Labute approximate surface area is 79.0 Å². The quantitative estimate of drug-likeness (QED) is 0.538. The summed E-state index contributed by atoms with van der Waals surface area (Å²) in [6.45, 7) is 4.33. The van der Waals surface area contributed by atoms with Gasteiger partial charge in [0.1, 0.15) is 0 Å². The Kier molecular flexibility index (Phi) is 6.98. The van der Waals surface area contributed by atoms with Gasteiger partial charge in [-0.3, -0.25) is 0 Å². The molecule has 1 aliphatic carbocycles. The SMILES string of the molecule is CC1=C(C)CC=C1.[Cl][Ti][Cl]. The van der Waals surface area contributed by atoms with Crippen LogP contribution < -0.4 is 0 Å². The zero-order chi connectivity index (χ0) is 7.98. The van der Waals surface area contributed by atoms with Crippen molar-refractivity contribution in [3.05, 3.63) is 23.3 Å². The van der Waals surface area contributed by atoms with Gasteiger partial charge in [0.05, 0.1) is 0 Å². The van der Waals surface area contributed by atoms with Crippen LogP contribution in [0.2, 0.25) is 0 Å². The van der Waals surface area contributed by atoms with Gasteiger partial charge in [-0.1, -0.05) is 23.3 Å². The van der Waals surface area contributed by atoms with Crippen molar-refractivity contribution in [1.82, 2.24) is 0 Å². The molecule has 1 aliphatic rings. The molecule has 3 heteroatoms. The van der Waals surface area contributed by atoms with E-state index in [9.17, 15) is 0 Å². The van der Waals surface area contributed by atoms with E-state index in [-0.39, 0.29) is 0 Å². The average molecular weight is 213 g/mol. The van der Waals surface area contributed by atoms with E-state index in [0.29, 0.717) is 0 Å². The van der Waals surface area contributed by atoms with Crippen LogP contribution in [0, 0.1) is 0 Å². The Bertz CT molecular complexity index is 150. The van der Waals surface area contributed by atoms with Crippen molar-refractivity contribution in [2.75, 3.05) is 0 Å². The van der Waals surface area contributed by atoms with E-state index in [0.717, 1.165) is 0 Å². The molecular weight excluding hydrogens is 203 g/mol. The van der Waals surface area contributed by atoms with Crippen LogP contribution in [0.25, 0.3) is 0 Å². The molecule has 0 bridgehead atoms.